The van der Waals surface area contributed by atoms with E-state index in [2.05, 4.69) is 10.2 Å². The van der Waals surface area contributed by atoms with Crippen LogP contribution in [0.15, 0.2) is 42.5 Å². The first-order valence-corrected chi connectivity index (χ1v) is 8.65. The number of morpholine rings is 1. The van der Waals surface area contributed by atoms with E-state index >= 15 is 0 Å². The highest BCUT2D eigenvalue weighted by Crippen LogP contribution is 2.18. The molecule has 0 aromatic heterocycles. The summed E-state index contributed by atoms with van der Waals surface area (Å²) >= 11 is 0. The first kappa shape index (κ1) is 18.5. The summed E-state index contributed by atoms with van der Waals surface area (Å²) in [6, 6.07) is 10.4. The lowest BCUT2D eigenvalue weighted by atomic mass is 10.0. The second kappa shape index (κ2) is 8.38. The minimum Gasteiger partial charge on any atom is -0.379 e. The molecule has 1 aliphatic heterocycles. The second-order valence-electron chi connectivity index (χ2n) is 6.51. The van der Waals surface area contributed by atoms with Gasteiger partial charge in [0.1, 0.15) is 11.6 Å². The number of amides is 1. The SMILES string of the molecule is Cc1ccc([C@@H](CN2CCOCC2)NC(=O)c2cc(F)cc(F)c2)cc1. The third-order valence-electron chi connectivity index (χ3n) is 4.45. The second-order valence-corrected chi connectivity index (χ2v) is 6.51. The van der Waals surface area contributed by atoms with Gasteiger partial charge in [-0.2, -0.15) is 0 Å². The standard InChI is InChI=1S/C20H22F2N2O2/c1-14-2-4-15(5-3-14)19(13-24-6-8-26-9-7-24)23-20(25)16-10-17(21)12-18(22)11-16/h2-5,10-12,19H,6-9,13H2,1H3,(H,23,25)/t19-/m1/s1. The molecule has 4 nitrogen and oxygen atoms in total. The molecule has 6 heteroatoms. The lowest BCUT2D eigenvalue weighted by molar-refractivity contribution is 0.0332. The molecule has 0 saturated carbocycles. The van der Waals surface area contributed by atoms with Crippen molar-refractivity contribution in [2.75, 3.05) is 32.8 Å². The average molecular weight is 360 g/mol. The summed E-state index contributed by atoms with van der Waals surface area (Å²) in [6.07, 6.45) is 0. The summed E-state index contributed by atoms with van der Waals surface area (Å²) in [5.41, 5.74) is 2.05. The van der Waals surface area contributed by atoms with Gasteiger partial charge in [0, 0.05) is 31.3 Å². The summed E-state index contributed by atoms with van der Waals surface area (Å²) in [4.78, 5) is 14.8. The van der Waals surface area contributed by atoms with E-state index in [0.717, 1.165) is 42.4 Å². The summed E-state index contributed by atoms with van der Waals surface area (Å²) in [7, 11) is 0. The molecule has 1 amide bonds. The van der Waals surface area contributed by atoms with E-state index in [1.807, 2.05) is 31.2 Å². The van der Waals surface area contributed by atoms with Gasteiger partial charge in [-0.05, 0) is 24.6 Å². The van der Waals surface area contributed by atoms with E-state index < -0.39 is 17.5 Å². The highest BCUT2D eigenvalue weighted by molar-refractivity contribution is 5.94. The number of carbonyl (C=O) groups excluding carboxylic acids is 1. The van der Waals surface area contributed by atoms with Crippen LogP contribution in [0.1, 0.15) is 27.5 Å². The summed E-state index contributed by atoms with van der Waals surface area (Å²) in [6.45, 7) is 5.48. The van der Waals surface area contributed by atoms with Crippen molar-refractivity contribution in [3.05, 3.63) is 70.8 Å². The van der Waals surface area contributed by atoms with Crippen LogP contribution in [0.2, 0.25) is 0 Å². The molecule has 2 aromatic rings. The molecule has 1 atom stereocenters. The fraction of sp³-hybridized carbons (Fsp3) is 0.350. The van der Waals surface area contributed by atoms with Crippen molar-refractivity contribution in [1.82, 2.24) is 10.2 Å². The van der Waals surface area contributed by atoms with Gasteiger partial charge >= 0.3 is 0 Å². The normalized spacial score (nSPS) is 16.3. The van der Waals surface area contributed by atoms with E-state index in [9.17, 15) is 13.6 Å². The van der Waals surface area contributed by atoms with Crippen LogP contribution in [-0.4, -0.2) is 43.7 Å². The van der Waals surface area contributed by atoms with Crippen LogP contribution in [0, 0.1) is 18.6 Å². The molecular weight excluding hydrogens is 338 g/mol. The Kier molecular flexibility index (Phi) is 5.96. The van der Waals surface area contributed by atoms with Crippen molar-refractivity contribution in [1.29, 1.82) is 0 Å². The summed E-state index contributed by atoms with van der Waals surface area (Å²) in [5, 5.41) is 2.92. The Morgan fingerprint density at radius 3 is 2.35 bits per heavy atom. The number of ether oxygens (including phenoxy) is 1. The van der Waals surface area contributed by atoms with E-state index in [0.29, 0.717) is 19.8 Å². The highest BCUT2D eigenvalue weighted by Gasteiger charge is 2.21. The van der Waals surface area contributed by atoms with Crippen molar-refractivity contribution in [2.45, 2.75) is 13.0 Å². The molecule has 1 N–H and O–H groups in total. The van der Waals surface area contributed by atoms with Crippen LogP contribution in [-0.2, 0) is 4.74 Å². The first-order chi connectivity index (χ1) is 12.5. The van der Waals surface area contributed by atoms with Gasteiger partial charge in [0.05, 0.1) is 19.3 Å². The number of hydrogen-bond donors (Lipinski definition) is 1. The Bertz CT molecular complexity index is 739. The third-order valence-corrected chi connectivity index (χ3v) is 4.45. The quantitative estimate of drug-likeness (QED) is 0.891. The van der Waals surface area contributed by atoms with Crippen molar-refractivity contribution in [3.8, 4) is 0 Å². The summed E-state index contributed by atoms with van der Waals surface area (Å²) in [5.74, 6) is -2.03. The Balaban J connectivity index is 1.79. The van der Waals surface area contributed by atoms with E-state index in [1.54, 1.807) is 0 Å². The Morgan fingerprint density at radius 1 is 1.12 bits per heavy atom. The van der Waals surface area contributed by atoms with Gasteiger partial charge in [0.2, 0.25) is 0 Å². The molecule has 138 valence electrons. The number of nitrogens with one attached hydrogen (secondary N) is 1. The summed E-state index contributed by atoms with van der Waals surface area (Å²) < 4.78 is 32.2. The lowest BCUT2D eigenvalue weighted by Gasteiger charge is -2.31. The Labute approximate surface area is 151 Å². The first-order valence-electron chi connectivity index (χ1n) is 8.65. The molecule has 1 aliphatic rings. The van der Waals surface area contributed by atoms with Crippen LogP contribution < -0.4 is 5.32 Å². The van der Waals surface area contributed by atoms with Gasteiger partial charge in [-0.3, -0.25) is 9.69 Å². The maximum absolute atomic E-state index is 13.4. The van der Waals surface area contributed by atoms with Gasteiger partial charge in [-0.15, -0.1) is 0 Å². The number of nitrogens with zero attached hydrogens (tertiary/aromatic N) is 1. The van der Waals surface area contributed by atoms with Gasteiger partial charge in [0.25, 0.3) is 5.91 Å². The van der Waals surface area contributed by atoms with Crippen molar-refractivity contribution in [2.24, 2.45) is 0 Å². The van der Waals surface area contributed by atoms with Crippen LogP contribution >= 0.6 is 0 Å². The predicted octanol–water partition coefficient (Wildman–Crippen LogP) is 3.08. The molecule has 0 bridgehead atoms. The van der Waals surface area contributed by atoms with Crippen LogP contribution in [0.3, 0.4) is 0 Å². The van der Waals surface area contributed by atoms with Crippen LogP contribution in [0.4, 0.5) is 8.78 Å². The lowest BCUT2D eigenvalue weighted by Crippen LogP contribution is -2.43. The zero-order valence-corrected chi connectivity index (χ0v) is 14.7. The smallest absolute Gasteiger partial charge is 0.252 e. The maximum atomic E-state index is 13.4. The molecule has 1 saturated heterocycles. The monoisotopic (exact) mass is 360 g/mol. The largest absolute Gasteiger partial charge is 0.379 e. The molecule has 0 aliphatic carbocycles. The highest BCUT2D eigenvalue weighted by atomic mass is 19.1. The van der Waals surface area contributed by atoms with E-state index in [1.165, 1.54) is 0 Å². The maximum Gasteiger partial charge on any atom is 0.252 e. The minimum atomic E-state index is -0.768. The Morgan fingerprint density at radius 2 is 1.73 bits per heavy atom. The third kappa shape index (κ3) is 4.86. The molecule has 0 radical (unpaired) electrons. The number of benzene rings is 2. The number of carbonyl (C=O) groups is 1. The molecule has 1 heterocycles. The number of rotatable bonds is 5. The van der Waals surface area contributed by atoms with Crippen molar-refractivity contribution < 1.29 is 18.3 Å². The zero-order valence-electron chi connectivity index (χ0n) is 14.7. The topological polar surface area (TPSA) is 41.6 Å². The van der Waals surface area contributed by atoms with Gasteiger partial charge in [-0.1, -0.05) is 29.8 Å². The van der Waals surface area contributed by atoms with Crippen molar-refractivity contribution in [3.63, 3.8) is 0 Å². The van der Waals surface area contributed by atoms with Gasteiger partial charge in [0.15, 0.2) is 0 Å². The fourth-order valence-corrected chi connectivity index (χ4v) is 3.00. The number of halogens is 2. The molecule has 0 unspecified atom stereocenters. The van der Waals surface area contributed by atoms with Gasteiger partial charge < -0.3 is 10.1 Å². The zero-order chi connectivity index (χ0) is 18.5. The Hall–Kier alpha value is -2.31. The van der Waals surface area contributed by atoms with Crippen molar-refractivity contribution >= 4 is 5.91 Å². The molecule has 0 spiro atoms. The average Bonchev–Trinajstić information content (AvgIpc) is 2.62. The minimum absolute atomic E-state index is 0.0263. The molecule has 2 aromatic carbocycles. The van der Waals surface area contributed by atoms with E-state index in [4.69, 9.17) is 4.74 Å². The van der Waals surface area contributed by atoms with E-state index in [-0.39, 0.29) is 11.6 Å². The van der Waals surface area contributed by atoms with Crippen LogP contribution in [0.5, 0.6) is 0 Å². The number of aryl methyl sites for hydroxylation is 1. The molecule has 26 heavy (non-hydrogen) atoms. The predicted molar refractivity (Wildman–Crippen MR) is 95.0 cm³/mol. The van der Waals surface area contributed by atoms with Crippen LogP contribution in [0.25, 0.3) is 0 Å². The molecule has 1 fully saturated rings. The number of hydrogen-bond acceptors (Lipinski definition) is 3. The van der Waals surface area contributed by atoms with Gasteiger partial charge in [-0.25, -0.2) is 8.78 Å². The molecule has 3 rings (SSSR count). The fourth-order valence-electron chi connectivity index (χ4n) is 3.00. The molecular formula is C20H22F2N2O2.